The first kappa shape index (κ1) is 27.0. The third-order valence-corrected chi connectivity index (χ3v) is 6.25. The van der Waals surface area contributed by atoms with Crippen LogP contribution in [0.5, 0.6) is 11.5 Å². The molecule has 3 rings (SSSR count). The summed E-state index contributed by atoms with van der Waals surface area (Å²) in [6.45, 7) is 0.334. The molecule has 2 aromatic carbocycles. The predicted octanol–water partition coefficient (Wildman–Crippen LogP) is 2.81. The number of amidine groups is 1. The lowest BCUT2D eigenvalue weighted by molar-refractivity contribution is -0.135. The molecule has 0 saturated carbocycles. The van der Waals surface area contributed by atoms with Crippen LogP contribution in [0.1, 0.15) is 11.1 Å². The Balaban J connectivity index is 1.57. The summed E-state index contributed by atoms with van der Waals surface area (Å²) in [6, 6.07) is 13.2. The van der Waals surface area contributed by atoms with Gasteiger partial charge in [-0.25, -0.2) is 4.79 Å². The number of halogens is 1. The zero-order valence-corrected chi connectivity index (χ0v) is 21.9. The molecule has 2 amide bonds. The quantitative estimate of drug-likeness (QED) is 0.193. The molecule has 10 nitrogen and oxygen atoms in total. The lowest BCUT2D eigenvalue weighted by atomic mass is 10.1. The van der Waals surface area contributed by atoms with Gasteiger partial charge in [0.2, 0.25) is 0 Å². The summed E-state index contributed by atoms with van der Waals surface area (Å²) in [6.07, 6.45) is 3.26. The minimum atomic E-state index is -0.639. The SMILES string of the molecule is COC(=O)/C=C1/S/C(=N\N=Cc2cc(OC)c(OCC(=O)NCCc3ccccc3)cc2Br)NC1=O. The number of carbonyl (C=O) groups is 3. The molecule has 0 spiro atoms. The third-order valence-electron chi connectivity index (χ3n) is 4.67. The van der Waals surface area contributed by atoms with E-state index in [0.717, 1.165) is 29.8 Å². The van der Waals surface area contributed by atoms with Gasteiger partial charge in [-0.05, 0) is 51.8 Å². The van der Waals surface area contributed by atoms with Crippen LogP contribution < -0.4 is 20.1 Å². The highest BCUT2D eigenvalue weighted by molar-refractivity contribution is 9.10. The van der Waals surface area contributed by atoms with Crippen molar-refractivity contribution in [2.24, 2.45) is 10.2 Å². The zero-order valence-electron chi connectivity index (χ0n) is 19.4. The van der Waals surface area contributed by atoms with Crippen molar-refractivity contribution in [3.8, 4) is 11.5 Å². The molecular formula is C24H23BrN4O6S. The van der Waals surface area contributed by atoms with Gasteiger partial charge in [0, 0.05) is 22.7 Å². The van der Waals surface area contributed by atoms with Crippen LogP contribution >= 0.6 is 27.7 Å². The monoisotopic (exact) mass is 574 g/mol. The molecule has 0 radical (unpaired) electrons. The Morgan fingerprint density at radius 2 is 1.94 bits per heavy atom. The second kappa shape index (κ2) is 13.4. The number of ether oxygens (including phenoxy) is 3. The number of thioether (sulfide) groups is 1. The molecule has 0 aromatic heterocycles. The Morgan fingerprint density at radius 1 is 1.17 bits per heavy atom. The maximum atomic E-state index is 12.2. The molecule has 12 heteroatoms. The molecule has 1 aliphatic heterocycles. The van der Waals surface area contributed by atoms with E-state index in [-0.39, 0.29) is 22.6 Å². The van der Waals surface area contributed by atoms with Crippen molar-refractivity contribution < 1.29 is 28.6 Å². The molecule has 0 bridgehead atoms. The molecule has 36 heavy (non-hydrogen) atoms. The minimum absolute atomic E-state index is 0.157. The van der Waals surface area contributed by atoms with Crippen molar-refractivity contribution in [1.29, 1.82) is 0 Å². The second-order valence-electron chi connectivity index (χ2n) is 7.14. The highest BCUT2D eigenvalue weighted by Crippen LogP contribution is 2.33. The maximum Gasteiger partial charge on any atom is 0.331 e. The van der Waals surface area contributed by atoms with Crippen molar-refractivity contribution in [2.75, 3.05) is 27.4 Å². The number of nitrogens with zero attached hydrogens (tertiary/aromatic N) is 2. The van der Waals surface area contributed by atoms with E-state index in [1.807, 2.05) is 30.3 Å². The van der Waals surface area contributed by atoms with Gasteiger partial charge in [-0.1, -0.05) is 30.3 Å². The van der Waals surface area contributed by atoms with E-state index in [4.69, 9.17) is 9.47 Å². The van der Waals surface area contributed by atoms with Gasteiger partial charge in [0.15, 0.2) is 23.3 Å². The van der Waals surface area contributed by atoms with Crippen LogP contribution in [0.2, 0.25) is 0 Å². The smallest absolute Gasteiger partial charge is 0.331 e. The highest BCUT2D eigenvalue weighted by Gasteiger charge is 2.25. The molecule has 2 N–H and O–H groups in total. The Hall–Kier alpha value is -3.64. The average Bonchev–Trinajstić information content (AvgIpc) is 3.22. The first-order valence-electron chi connectivity index (χ1n) is 10.6. The first-order chi connectivity index (χ1) is 17.4. The van der Waals surface area contributed by atoms with Crippen LogP contribution in [0, 0.1) is 0 Å². The molecule has 1 heterocycles. The molecule has 2 aromatic rings. The number of esters is 1. The van der Waals surface area contributed by atoms with Gasteiger partial charge in [0.1, 0.15) is 0 Å². The Labute approximate surface area is 220 Å². The van der Waals surface area contributed by atoms with Crippen molar-refractivity contribution in [2.45, 2.75) is 6.42 Å². The number of carbonyl (C=O) groups excluding carboxylic acids is 3. The second-order valence-corrected chi connectivity index (χ2v) is 9.02. The van der Waals surface area contributed by atoms with Crippen LogP contribution in [0.4, 0.5) is 0 Å². The zero-order chi connectivity index (χ0) is 25.9. The Bertz CT molecular complexity index is 1220. The van der Waals surface area contributed by atoms with Gasteiger partial charge >= 0.3 is 5.97 Å². The molecule has 1 saturated heterocycles. The highest BCUT2D eigenvalue weighted by atomic mass is 79.9. The number of rotatable bonds is 10. The maximum absolute atomic E-state index is 12.2. The fraction of sp³-hybridized carbons (Fsp3) is 0.208. The summed E-state index contributed by atoms with van der Waals surface area (Å²) in [4.78, 5) is 35.5. The van der Waals surface area contributed by atoms with Gasteiger partial charge < -0.3 is 19.5 Å². The lowest BCUT2D eigenvalue weighted by Crippen LogP contribution is -2.30. The van der Waals surface area contributed by atoms with E-state index in [1.54, 1.807) is 12.1 Å². The normalized spacial score (nSPS) is 15.2. The van der Waals surface area contributed by atoms with E-state index in [2.05, 4.69) is 41.5 Å². The Kier molecular flexibility index (Phi) is 10.1. The number of amides is 2. The summed E-state index contributed by atoms with van der Waals surface area (Å²) in [5.74, 6) is -0.575. The van der Waals surface area contributed by atoms with Gasteiger partial charge in [0.05, 0.1) is 25.3 Å². The number of nitrogens with one attached hydrogen (secondary N) is 2. The first-order valence-corrected chi connectivity index (χ1v) is 12.2. The van der Waals surface area contributed by atoms with E-state index < -0.39 is 11.9 Å². The van der Waals surface area contributed by atoms with E-state index in [0.29, 0.717) is 28.1 Å². The molecule has 0 unspecified atom stereocenters. The number of hydrogen-bond donors (Lipinski definition) is 2. The van der Waals surface area contributed by atoms with E-state index >= 15 is 0 Å². The number of hydrogen-bond acceptors (Lipinski definition) is 9. The van der Waals surface area contributed by atoms with Gasteiger partial charge in [-0.3, -0.25) is 14.9 Å². The summed E-state index contributed by atoms with van der Waals surface area (Å²) in [7, 11) is 2.71. The van der Waals surface area contributed by atoms with Crippen LogP contribution in [0.15, 0.2) is 68.1 Å². The fourth-order valence-electron chi connectivity index (χ4n) is 2.89. The van der Waals surface area contributed by atoms with E-state index in [9.17, 15) is 14.4 Å². The van der Waals surface area contributed by atoms with Crippen LogP contribution in [-0.4, -0.2) is 56.5 Å². The average molecular weight is 575 g/mol. The topological polar surface area (TPSA) is 128 Å². The van der Waals surface area contributed by atoms with Crippen molar-refractivity contribution >= 4 is 56.9 Å². The van der Waals surface area contributed by atoms with Gasteiger partial charge in [-0.15, -0.1) is 5.10 Å². The summed E-state index contributed by atoms with van der Waals surface area (Å²) >= 11 is 4.41. The lowest BCUT2D eigenvalue weighted by Gasteiger charge is -2.12. The van der Waals surface area contributed by atoms with Crippen LogP contribution in [-0.2, 0) is 25.5 Å². The molecule has 0 atom stereocenters. The summed E-state index contributed by atoms with van der Waals surface area (Å²) < 4.78 is 16.2. The van der Waals surface area contributed by atoms with Crippen LogP contribution in [0.3, 0.4) is 0 Å². The Morgan fingerprint density at radius 3 is 2.67 bits per heavy atom. The molecule has 0 aliphatic carbocycles. The summed E-state index contributed by atoms with van der Waals surface area (Å²) in [5, 5.41) is 13.5. The number of methoxy groups -OCH3 is 2. The third kappa shape index (κ3) is 7.95. The van der Waals surface area contributed by atoms with Gasteiger partial charge in [-0.2, -0.15) is 5.10 Å². The van der Waals surface area contributed by atoms with E-state index in [1.165, 1.54) is 20.4 Å². The van der Waals surface area contributed by atoms with Crippen molar-refractivity contribution in [3.63, 3.8) is 0 Å². The summed E-state index contributed by atoms with van der Waals surface area (Å²) in [5.41, 5.74) is 1.76. The fourth-order valence-corrected chi connectivity index (χ4v) is 4.06. The van der Waals surface area contributed by atoms with Crippen molar-refractivity contribution in [1.82, 2.24) is 10.6 Å². The minimum Gasteiger partial charge on any atom is -0.493 e. The molecular weight excluding hydrogens is 552 g/mol. The van der Waals surface area contributed by atoms with Crippen molar-refractivity contribution in [3.05, 3.63) is 69.0 Å². The molecule has 1 aliphatic rings. The standard InChI is InChI=1S/C24H23BrN4O6S/c1-33-18-10-16(13-27-29-24-28-23(32)20(36-24)12-22(31)34-2)17(25)11-19(18)35-14-21(30)26-9-8-15-6-4-3-5-7-15/h3-7,10-13H,8-9,14H2,1-2H3,(H,26,30)(H,28,29,32)/b20-12+,27-13?. The van der Waals surface area contributed by atoms with Gasteiger partial charge in [0.25, 0.3) is 11.8 Å². The van der Waals surface area contributed by atoms with Crippen LogP contribution in [0.25, 0.3) is 0 Å². The predicted molar refractivity (Wildman–Crippen MR) is 140 cm³/mol. The molecule has 1 fully saturated rings. The molecule has 188 valence electrons. The largest absolute Gasteiger partial charge is 0.493 e. The number of benzene rings is 2.